The average Bonchev–Trinajstić information content (AvgIpc) is 2.36. The SMILES string of the molecule is CC(=O)OC1(C=O)C=CCO1. The van der Waals surface area contributed by atoms with Gasteiger partial charge in [-0.15, -0.1) is 0 Å². The first kappa shape index (κ1) is 7.94. The van der Waals surface area contributed by atoms with E-state index >= 15 is 0 Å². The van der Waals surface area contributed by atoms with Crippen LogP contribution in [0.15, 0.2) is 12.2 Å². The Labute approximate surface area is 63.8 Å². The standard InChI is InChI=1S/C7H8O4/c1-6(9)11-7(5-8)3-2-4-10-7/h2-3,5H,4H2,1H3. The molecule has 1 unspecified atom stereocenters. The lowest BCUT2D eigenvalue weighted by Crippen LogP contribution is -2.34. The van der Waals surface area contributed by atoms with Gasteiger partial charge in [0.25, 0.3) is 5.79 Å². The molecule has 0 fully saturated rings. The number of esters is 1. The number of hydrogen-bond acceptors (Lipinski definition) is 4. The van der Waals surface area contributed by atoms with Crippen LogP contribution in [-0.4, -0.2) is 24.6 Å². The minimum absolute atomic E-state index is 0.298. The fourth-order valence-corrected chi connectivity index (χ4v) is 0.824. The fourth-order valence-electron chi connectivity index (χ4n) is 0.824. The van der Waals surface area contributed by atoms with Gasteiger partial charge in [-0.05, 0) is 6.08 Å². The highest BCUT2D eigenvalue weighted by Crippen LogP contribution is 2.17. The summed E-state index contributed by atoms with van der Waals surface area (Å²) < 4.78 is 9.51. The number of carbonyl (C=O) groups is 2. The van der Waals surface area contributed by atoms with Crippen LogP contribution < -0.4 is 0 Å². The molecule has 0 aliphatic carbocycles. The molecule has 0 aromatic heterocycles. The summed E-state index contributed by atoms with van der Waals surface area (Å²) in [5.74, 6) is -1.99. The summed E-state index contributed by atoms with van der Waals surface area (Å²) in [6.07, 6.45) is 3.50. The minimum Gasteiger partial charge on any atom is -0.422 e. The molecule has 0 spiro atoms. The van der Waals surface area contributed by atoms with Crippen molar-refractivity contribution in [2.75, 3.05) is 6.61 Å². The van der Waals surface area contributed by atoms with E-state index in [4.69, 9.17) is 4.74 Å². The van der Waals surface area contributed by atoms with E-state index in [1.807, 2.05) is 0 Å². The van der Waals surface area contributed by atoms with Gasteiger partial charge >= 0.3 is 5.97 Å². The maximum absolute atomic E-state index is 10.5. The highest BCUT2D eigenvalue weighted by Gasteiger charge is 2.33. The molecule has 0 saturated heterocycles. The summed E-state index contributed by atoms with van der Waals surface area (Å²) in [6, 6.07) is 0. The van der Waals surface area contributed by atoms with Gasteiger partial charge in [0.2, 0.25) is 0 Å². The van der Waals surface area contributed by atoms with Gasteiger partial charge in [-0.2, -0.15) is 0 Å². The molecule has 11 heavy (non-hydrogen) atoms. The van der Waals surface area contributed by atoms with E-state index in [0.29, 0.717) is 12.9 Å². The van der Waals surface area contributed by atoms with Gasteiger partial charge in [0.15, 0.2) is 6.29 Å². The molecule has 4 heteroatoms. The number of rotatable bonds is 2. The number of carbonyl (C=O) groups excluding carboxylic acids is 2. The summed E-state index contributed by atoms with van der Waals surface area (Å²) in [7, 11) is 0. The van der Waals surface area contributed by atoms with Crippen molar-refractivity contribution in [3.05, 3.63) is 12.2 Å². The first-order valence-electron chi connectivity index (χ1n) is 3.16. The maximum atomic E-state index is 10.5. The molecule has 0 aromatic carbocycles. The first-order chi connectivity index (χ1) is 5.18. The molecule has 1 atom stereocenters. The third kappa shape index (κ3) is 1.65. The van der Waals surface area contributed by atoms with E-state index in [1.165, 1.54) is 13.0 Å². The molecule has 1 rings (SSSR count). The van der Waals surface area contributed by atoms with Crippen LogP contribution in [0.1, 0.15) is 6.92 Å². The van der Waals surface area contributed by atoms with Crippen molar-refractivity contribution in [2.45, 2.75) is 12.7 Å². The van der Waals surface area contributed by atoms with Crippen LogP contribution in [0.5, 0.6) is 0 Å². The normalized spacial score (nSPS) is 28.5. The molecule has 0 amide bonds. The highest BCUT2D eigenvalue weighted by atomic mass is 16.7. The van der Waals surface area contributed by atoms with Crippen molar-refractivity contribution in [1.82, 2.24) is 0 Å². The van der Waals surface area contributed by atoms with Crippen molar-refractivity contribution in [3.63, 3.8) is 0 Å². The fraction of sp³-hybridized carbons (Fsp3) is 0.429. The van der Waals surface area contributed by atoms with E-state index in [2.05, 4.69) is 4.74 Å². The van der Waals surface area contributed by atoms with Crippen LogP contribution in [0, 0.1) is 0 Å². The molecule has 0 N–H and O–H groups in total. The Kier molecular flexibility index (Phi) is 2.05. The number of ether oxygens (including phenoxy) is 2. The lowest BCUT2D eigenvalue weighted by atomic mass is 10.3. The molecule has 0 radical (unpaired) electrons. The van der Waals surface area contributed by atoms with Crippen LogP contribution >= 0.6 is 0 Å². The summed E-state index contributed by atoms with van der Waals surface area (Å²) in [4.78, 5) is 20.9. The second-order valence-corrected chi connectivity index (χ2v) is 2.15. The Balaban J connectivity index is 2.68. The second kappa shape index (κ2) is 2.84. The van der Waals surface area contributed by atoms with E-state index in [-0.39, 0.29) is 0 Å². The Morgan fingerprint density at radius 2 is 2.55 bits per heavy atom. The Hall–Kier alpha value is -1.16. The molecule has 1 aliphatic heterocycles. The molecule has 0 saturated carbocycles. The molecular formula is C7H8O4. The quantitative estimate of drug-likeness (QED) is 0.321. The van der Waals surface area contributed by atoms with Gasteiger partial charge in [-0.1, -0.05) is 6.08 Å². The Morgan fingerprint density at radius 1 is 1.82 bits per heavy atom. The van der Waals surface area contributed by atoms with Crippen molar-refractivity contribution < 1.29 is 19.1 Å². The van der Waals surface area contributed by atoms with Crippen molar-refractivity contribution in [2.24, 2.45) is 0 Å². The summed E-state index contributed by atoms with van der Waals surface area (Å²) in [5.41, 5.74) is 0. The van der Waals surface area contributed by atoms with Gasteiger partial charge in [0.05, 0.1) is 6.61 Å². The second-order valence-electron chi connectivity index (χ2n) is 2.15. The molecule has 0 bridgehead atoms. The zero-order chi connectivity index (χ0) is 8.32. The zero-order valence-corrected chi connectivity index (χ0v) is 6.07. The Morgan fingerprint density at radius 3 is 2.91 bits per heavy atom. The molecule has 4 nitrogen and oxygen atoms in total. The summed E-state index contributed by atoms with van der Waals surface area (Å²) in [5, 5.41) is 0. The first-order valence-corrected chi connectivity index (χ1v) is 3.16. The van der Waals surface area contributed by atoms with Gasteiger partial charge in [0, 0.05) is 6.92 Å². The van der Waals surface area contributed by atoms with E-state index < -0.39 is 11.8 Å². The van der Waals surface area contributed by atoms with Crippen LogP contribution in [0.25, 0.3) is 0 Å². The lowest BCUT2D eigenvalue weighted by Gasteiger charge is -2.18. The highest BCUT2D eigenvalue weighted by molar-refractivity contribution is 5.73. The van der Waals surface area contributed by atoms with Crippen molar-refractivity contribution in [1.29, 1.82) is 0 Å². The summed E-state index contributed by atoms with van der Waals surface area (Å²) >= 11 is 0. The predicted molar refractivity (Wildman–Crippen MR) is 35.7 cm³/mol. The summed E-state index contributed by atoms with van der Waals surface area (Å²) in [6.45, 7) is 1.52. The minimum atomic E-state index is -1.45. The van der Waals surface area contributed by atoms with Crippen molar-refractivity contribution >= 4 is 12.3 Å². The molecule has 0 aromatic rings. The van der Waals surface area contributed by atoms with E-state index in [0.717, 1.165) is 0 Å². The average molecular weight is 156 g/mol. The van der Waals surface area contributed by atoms with Crippen LogP contribution in [-0.2, 0) is 19.1 Å². The van der Waals surface area contributed by atoms with Crippen LogP contribution in [0.4, 0.5) is 0 Å². The van der Waals surface area contributed by atoms with E-state index in [9.17, 15) is 9.59 Å². The number of hydrogen-bond donors (Lipinski definition) is 0. The van der Waals surface area contributed by atoms with Gasteiger partial charge in [0.1, 0.15) is 0 Å². The molecule has 1 aliphatic rings. The predicted octanol–water partition coefficient (Wildman–Crippen LogP) is 0.0311. The molecule has 60 valence electrons. The van der Waals surface area contributed by atoms with Gasteiger partial charge in [-0.25, -0.2) is 0 Å². The Bertz CT molecular complexity index is 208. The third-order valence-electron chi connectivity index (χ3n) is 1.22. The van der Waals surface area contributed by atoms with E-state index in [1.54, 1.807) is 6.08 Å². The zero-order valence-electron chi connectivity index (χ0n) is 6.07. The number of aldehydes is 1. The van der Waals surface area contributed by atoms with Crippen LogP contribution in [0.3, 0.4) is 0 Å². The van der Waals surface area contributed by atoms with Gasteiger partial charge in [-0.3, -0.25) is 9.59 Å². The van der Waals surface area contributed by atoms with Crippen molar-refractivity contribution in [3.8, 4) is 0 Å². The molecular weight excluding hydrogens is 148 g/mol. The smallest absolute Gasteiger partial charge is 0.305 e. The van der Waals surface area contributed by atoms with Crippen LogP contribution in [0.2, 0.25) is 0 Å². The topological polar surface area (TPSA) is 52.6 Å². The third-order valence-corrected chi connectivity index (χ3v) is 1.22. The van der Waals surface area contributed by atoms with Gasteiger partial charge < -0.3 is 9.47 Å². The monoisotopic (exact) mass is 156 g/mol. The lowest BCUT2D eigenvalue weighted by molar-refractivity contribution is -0.193. The maximum Gasteiger partial charge on any atom is 0.305 e. The molecule has 1 heterocycles. The largest absolute Gasteiger partial charge is 0.422 e.